The molecule has 5 nitrogen and oxygen atoms in total. The third kappa shape index (κ3) is 1.99. The van der Waals surface area contributed by atoms with Crippen LogP contribution in [0.2, 0.25) is 0 Å². The highest BCUT2D eigenvalue weighted by Gasteiger charge is 2.10. The van der Waals surface area contributed by atoms with E-state index < -0.39 is 5.97 Å². The minimum Gasteiger partial charge on any atom is -0.478 e. The summed E-state index contributed by atoms with van der Waals surface area (Å²) in [7, 11) is 1.91. The van der Waals surface area contributed by atoms with Gasteiger partial charge in [0.05, 0.1) is 23.3 Å². The van der Waals surface area contributed by atoms with Crippen molar-refractivity contribution in [3.63, 3.8) is 0 Å². The fraction of sp³-hybridized carbons (Fsp3) is 0.143. The number of carboxylic acids is 1. The molecule has 0 unspecified atom stereocenters. The number of hydrogen-bond donors (Lipinski definition) is 1. The van der Waals surface area contributed by atoms with Crippen molar-refractivity contribution in [2.45, 2.75) is 6.54 Å². The first kappa shape index (κ1) is 11.5. The summed E-state index contributed by atoms with van der Waals surface area (Å²) in [4.78, 5) is 10.9. The number of hydrogen-bond acceptors (Lipinski definition) is 2. The molecule has 0 atom stereocenters. The molecule has 0 aliphatic carbocycles. The van der Waals surface area contributed by atoms with E-state index in [1.807, 2.05) is 40.6 Å². The van der Waals surface area contributed by atoms with Crippen LogP contribution in [-0.2, 0) is 13.6 Å². The number of fused-ring (bicyclic) bond motifs is 1. The molecular weight excluding hydrogens is 242 g/mol. The van der Waals surface area contributed by atoms with Gasteiger partial charge in [-0.25, -0.2) is 4.79 Å². The van der Waals surface area contributed by atoms with Crippen LogP contribution in [-0.4, -0.2) is 25.4 Å². The lowest BCUT2D eigenvalue weighted by atomic mass is 10.2. The van der Waals surface area contributed by atoms with Crippen molar-refractivity contribution < 1.29 is 9.90 Å². The smallest absolute Gasteiger partial charge is 0.337 e. The number of nitrogens with zero attached hydrogens (tertiary/aromatic N) is 3. The maximum Gasteiger partial charge on any atom is 0.337 e. The number of aromatic carboxylic acids is 1. The van der Waals surface area contributed by atoms with Gasteiger partial charge in [-0.05, 0) is 12.1 Å². The van der Waals surface area contributed by atoms with Gasteiger partial charge in [0.15, 0.2) is 0 Å². The largest absolute Gasteiger partial charge is 0.478 e. The zero-order chi connectivity index (χ0) is 13.4. The van der Waals surface area contributed by atoms with Crippen LogP contribution in [0.25, 0.3) is 10.9 Å². The topological polar surface area (TPSA) is 60.0 Å². The second-order valence-corrected chi connectivity index (χ2v) is 4.47. The van der Waals surface area contributed by atoms with Gasteiger partial charge in [0.1, 0.15) is 0 Å². The van der Waals surface area contributed by atoms with Crippen LogP contribution in [0.4, 0.5) is 0 Å². The van der Waals surface area contributed by atoms with Crippen LogP contribution >= 0.6 is 0 Å². The molecule has 0 aliphatic rings. The summed E-state index contributed by atoms with van der Waals surface area (Å²) in [5.74, 6) is -0.912. The second kappa shape index (κ2) is 4.28. The molecule has 0 aliphatic heterocycles. The normalized spacial score (nSPS) is 11.0. The summed E-state index contributed by atoms with van der Waals surface area (Å²) >= 11 is 0. The number of aryl methyl sites for hydroxylation is 1. The average molecular weight is 255 g/mol. The number of carboxylic acid groups (broad SMARTS) is 1. The standard InChI is InChI=1S/C14H13N3O2/c1-16-13-5-3-2-4-11(13)12(15-16)9-17-7-6-10(8-17)14(18)19/h2-8H,9H2,1H3,(H,18,19). The van der Waals surface area contributed by atoms with Gasteiger partial charge in [0.2, 0.25) is 0 Å². The van der Waals surface area contributed by atoms with E-state index in [9.17, 15) is 4.79 Å². The van der Waals surface area contributed by atoms with Gasteiger partial charge < -0.3 is 9.67 Å². The van der Waals surface area contributed by atoms with Crippen LogP contribution in [0.1, 0.15) is 16.1 Å². The quantitative estimate of drug-likeness (QED) is 0.779. The van der Waals surface area contributed by atoms with Gasteiger partial charge >= 0.3 is 5.97 Å². The van der Waals surface area contributed by atoms with Crippen molar-refractivity contribution in [1.29, 1.82) is 0 Å². The van der Waals surface area contributed by atoms with Crippen molar-refractivity contribution in [3.8, 4) is 0 Å². The fourth-order valence-electron chi connectivity index (χ4n) is 2.24. The predicted molar refractivity (Wildman–Crippen MR) is 71.2 cm³/mol. The van der Waals surface area contributed by atoms with Crippen LogP contribution in [0.5, 0.6) is 0 Å². The highest BCUT2D eigenvalue weighted by Crippen LogP contribution is 2.18. The Balaban J connectivity index is 1.98. The first-order valence-corrected chi connectivity index (χ1v) is 5.95. The fourth-order valence-corrected chi connectivity index (χ4v) is 2.24. The zero-order valence-electron chi connectivity index (χ0n) is 10.4. The lowest BCUT2D eigenvalue weighted by Gasteiger charge is -1.99. The first-order valence-electron chi connectivity index (χ1n) is 5.95. The second-order valence-electron chi connectivity index (χ2n) is 4.47. The average Bonchev–Trinajstić information content (AvgIpc) is 2.97. The summed E-state index contributed by atoms with van der Waals surface area (Å²) in [5.41, 5.74) is 2.30. The SMILES string of the molecule is Cn1nc(Cn2ccc(C(=O)O)c2)c2ccccc21. The third-order valence-electron chi connectivity index (χ3n) is 3.16. The molecule has 2 heterocycles. The van der Waals surface area contributed by atoms with Gasteiger partial charge in [-0.3, -0.25) is 4.68 Å². The van der Waals surface area contributed by atoms with Crippen molar-refractivity contribution in [1.82, 2.24) is 14.3 Å². The maximum absolute atomic E-state index is 10.9. The predicted octanol–water partition coefficient (Wildman–Crippen LogP) is 2.12. The molecule has 96 valence electrons. The van der Waals surface area contributed by atoms with Crippen molar-refractivity contribution in [3.05, 3.63) is 54.0 Å². The van der Waals surface area contributed by atoms with E-state index in [2.05, 4.69) is 5.10 Å². The van der Waals surface area contributed by atoms with Crippen LogP contribution in [0.15, 0.2) is 42.7 Å². The molecule has 2 aromatic heterocycles. The Labute approximate surface area is 109 Å². The maximum atomic E-state index is 10.9. The van der Waals surface area contributed by atoms with Crippen molar-refractivity contribution in [2.24, 2.45) is 7.05 Å². The Morgan fingerprint density at radius 3 is 2.84 bits per heavy atom. The summed E-state index contributed by atoms with van der Waals surface area (Å²) in [6.45, 7) is 0.564. The molecule has 0 amide bonds. The molecule has 0 spiro atoms. The molecule has 1 N–H and O–H groups in total. The molecule has 0 fully saturated rings. The van der Waals surface area contributed by atoms with Crippen molar-refractivity contribution in [2.75, 3.05) is 0 Å². The Bertz CT molecular complexity index is 755. The Morgan fingerprint density at radius 2 is 2.11 bits per heavy atom. The minimum absolute atomic E-state index is 0.292. The van der Waals surface area contributed by atoms with Crippen molar-refractivity contribution >= 4 is 16.9 Å². The van der Waals surface area contributed by atoms with E-state index in [4.69, 9.17) is 5.11 Å². The van der Waals surface area contributed by atoms with E-state index in [-0.39, 0.29) is 0 Å². The number of carbonyl (C=O) groups is 1. The number of rotatable bonds is 3. The number of benzene rings is 1. The molecule has 19 heavy (non-hydrogen) atoms. The summed E-state index contributed by atoms with van der Waals surface area (Å²) < 4.78 is 3.67. The van der Waals surface area contributed by atoms with E-state index in [1.54, 1.807) is 18.5 Å². The van der Waals surface area contributed by atoms with E-state index in [0.29, 0.717) is 12.1 Å². The lowest BCUT2D eigenvalue weighted by Crippen LogP contribution is -2.00. The highest BCUT2D eigenvalue weighted by atomic mass is 16.4. The molecule has 0 bridgehead atoms. The molecule has 0 saturated heterocycles. The van der Waals surface area contributed by atoms with Gasteiger partial charge in [-0.2, -0.15) is 5.10 Å². The monoisotopic (exact) mass is 255 g/mol. The van der Waals surface area contributed by atoms with Gasteiger partial charge in [0.25, 0.3) is 0 Å². The molecule has 3 aromatic rings. The first-order chi connectivity index (χ1) is 9.15. The van der Waals surface area contributed by atoms with Crippen LogP contribution in [0.3, 0.4) is 0 Å². The third-order valence-corrected chi connectivity index (χ3v) is 3.16. The van der Waals surface area contributed by atoms with E-state index >= 15 is 0 Å². The van der Waals surface area contributed by atoms with Crippen LogP contribution < -0.4 is 0 Å². The summed E-state index contributed by atoms with van der Waals surface area (Å²) in [5, 5.41) is 14.5. The molecule has 5 heteroatoms. The Morgan fingerprint density at radius 1 is 1.32 bits per heavy atom. The van der Waals surface area contributed by atoms with E-state index in [0.717, 1.165) is 16.6 Å². The highest BCUT2D eigenvalue weighted by molar-refractivity contribution is 5.87. The number of para-hydroxylation sites is 1. The number of aromatic nitrogens is 3. The van der Waals surface area contributed by atoms with Gasteiger partial charge in [-0.1, -0.05) is 18.2 Å². The summed E-state index contributed by atoms with van der Waals surface area (Å²) in [6.07, 6.45) is 3.37. The Hall–Kier alpha value is -2.56. The molecule has 0 saturated carbocycles. The molecular formula is C14H13N3O2. The lowest BCUT2D eigenvalue weighted by molar-refractivity contribution is 0.0697. The van der Waals surface area contributed by atoms with Gasteiger partial charge in [-0.15, -0.1) is 0 Å². The minimum atomic E-state index is -0.912. The van der Waals surface area contributed by atoms with E-state index in [1.165, 1.54) is 0 Å². The van der Waals surface area contributed by atoms with Gasteiger partial charge in [0, 0.05) is 24.8 Å². The van der Waals surface area contributed by atoms with Crippen LogP contribution in [0, 0.1) is 0 Å². The molecule has 1 aromatic carbocycles. The zero-order valence-corrected chi connectivity index (χ0v) is 10.4. The summed E-state index contributed by atoms with van der Waals surface area (Å²) in [6, 6.07) is 9.59. The molecule has 3 rings (SSSR count). The molecule has 0 radical (unpaired) electrons. The Kier molecular flexibility index (Phi) is 2.59.